The van der Waals surface area contributed by atoms with E-state index >= 15 is 0 Å². The molecular formula is C15H18N2O3. The fraction of sp³-hybridized carbons (Fsp3) is 0.333. The third kappa shape index (κ3) is 2.52. The molecular weight excluding hydrogens is 256 g/mol. The normalized spacial score (nSPS) is 16.2. The first-order valence-corrected chi connectivity index (χ1v) is 6.49. The molecule has 106 valence electrons. The standard InChI is InChI=1S/C15H18N2O3/c1-4-14(19)17-9-10(8-16(2)3)15(20)12-7-11(18)5-6-13(12)17/h5-8,18H,4,9H2,1-3H3/b10-8-. The summed E-state index contributed by atoms with van der Waals surface area (Å²) in [4.78, 5) is 27.8. The highest BCUT2D eigenvalue weighted by atomic mass is 16.3. The molecule has 1 N–H and O–H groups in total. The Hall–Kier alpha value is -2.30. The largest absolute Gasteiger partial charge is 0.508 e. The molecule has 1 aromatic rings. The minimum atomic E-state index is -0.148. The molecule has 0 radical (unpaired) electrons. The first-order valence-electron chi connectivity index (χ1n) is 6.49. The molecule has 20 heavy (non-hydrogen) atoms. The number of phenolic OH excluding ortho intramolecular Hbond substituents is 1. The Morgan fingerprint density at radius 2 is 2.15 bits per heavy atom. The summed E-state index contributed by atoms with van der Waals surface area (Å²) in [7, 11) is 3.65. The van der Waals surface area contributed by atoms with Crippen molar-refractivity contribution < 1.29 is 14.7 Å². The molecule has 1 amide bonds. The van der Waals surface area contributed by atoms with Gasteiger partial charge in [-0.1, -0.05) is 6.92 Å². The maximum atomic E-state index is 12.4. The van der Waals surface area contributed by atoms with Crippen LogP contribution in [0.15, 0.2) is 30.0 Å². The van der Waals surface area contributed by atoms with Crippen LogP contribution in [-0.2, 0) is 4.79 Å². The molecule has 1 aliphatic heterocycles. The third-order valence-electron chi connectivity index (χ3n) is 3.15. The molecule has 0 atom stereocenters. The van der Waals surface area contributed by atoms with Crippen LogP contribution in [0.2, 0.25) is 0 Å². The minimum Gasteiger partial charge on any atom is -0.508 e. The van der Waals surface area contributed by atoms with Gasteiger partial charge in [0.15, 0.2) is 5.78 Å². The van der Waals surface area contributed by atoms with E-state index in [9.17, 15) is 14.7 Å². The van der Waals surface area contributed by atoms with E-state index in [1.807, 2.05) is 14.1 Å². The van der Waals surface area contributed by atoms with E-state index in [-0.39, 0.29) is 24.0 Å². The molecule has 0 unspecified atom stereocenters. The summed E-state index contributed by atoms with van der Waals surface area (Å²) in [6, 6.07) is 4.52. The Kier molecular flexibility index (Phi) is 3.79. The van der Waals surface area contributed by atoms with Gasteiger partial charge in [0.25, 0.3) is 0 Å². The number of rotatable bonds is 2. The molecule has 1 heterocycles. The van der Waals surface area contributed by atoms with Crippen LogP contribution in [0, 0.1) is 0 Å². The predicted molar refractivity (Wildman–Crippen MR) is 76.9 cm³/mol. The number of phenols is 1. The number of aromatic hydroxyl groups is 1. The average Bonchev–Trinajstić information content (AvgIpc) is 2.41. The van der Waals surface area contributed by atoms with Crippen molar-refractivity contribution in [2.24, 2.45) is 0 Å². The molecule has 0 saturated heterocycles. The van der Waals surface area contributed by atoms with Crippen molar-refractivity contribution in [1.29, 1.82) is 0 Å². The number of hydrogen-bond acceptors (Lipinski definition) is 4. The number of carbonyl (C=O) groups is 2. The number of fused-ring (bicyclic) bond motifs is 1. The number of benzene rings is 1. The molecule has 2 rings (SSSR count). The first kappa shape index (κ1) is 14.1. The second-order valence-electron chi connectivity index (χ2n) is 4.98. The highest BCUT2D eigenvalue weighted by molar-refractivity contribution is 6.17. The molecule has 0 fully saturated rings. The summed E-state index contributed by atoms with van der Waals surface area (Å²) in [5, 5.41) is 9.57. The average molecular weight is 274 g/mol. The minimum absolute atomic E-state index is 0.0205. The summed E-state index contributed by atoms with van der Waals surface area (Å²) in [5.41, 5.74) is 1.47. The molecule has 0 aromatic heterocycles. The van der Waals surface area contributed by atoms with Crippen molar-refractivity contribution in [3.8, 4) is 5.75 Å². The Labute approximate surface area is 118 Å². The van der Waals surface area contributed by atoms with E-state index < -0.39 is 0 Å². The van der Waals surface area contributed by atoms with Crippen LogP contribution in [0.3, 0.4) is 0 Å². The van der Waals surface area contributed by atoms with Crippen LogP contribution in [0.5, 0.6) is 5.75 Å². The Bertz CT molecular complexity index is 591. The van der Waals surface area contributed by atoms with Crippen LogP contribution in [-0.4, -0.2) is 42.3 Å². The summed E-state index contributed by atoms with van der Waals surface area (Å²) < 4.78 is 0. The van der Waals surface area contributed by atoms with Gasteiger partial charge in [0.05, 0.1) is 12.2 Å². The van der Waals surface area contributed by atoms with E-state index in [0.29, 0.717) is 23.2 Å². The quantitative estimate of drug-likeness (QED) is 0.835. The van der Waals surface area contributed by atoms with Crippen LogP contribution < -0.4 is 4.90 Å². The molecule has 0 aliphatic carbocycles. The first-order chi connectivity index (χ1) is 9.43. The zero-order chi connectivity index (χ0) is 14.9. The maximum Gasteiger partial charge on any atom is 0.227 e. The Morgan fingerprint density at radius 3 is 2.75 bits per heavy atom. The van der Waals surface area contributed by atoms with Crippen LogP contribution in [0.1, 0.15) is 23.7 Å². The van der Waals surface area contributed by atoms with Gasteiger partial charge in [-0.05, 0) is 18.2 Å². The lowest BCUT2D eigenvalue weighted by Gasteiger charge is -2.30. The number of amides is 1. The highest BCUT2D eigenvalue weighted by Crippen LogP contribution is 2.32. The number of carbonyl (C=O) groups excluding carboxylic acids is 2. The van der Waals surface area contributed by atoms with Gasteiger partial charge in [0, 0.05) is 37.9 Å². The topological polar surface area (TPSA) is 60.9 Å². The number of ketones is 1. The lowest BCUT2D eigenvalue weighted by atomic mass is 9.95. The second-order valence-corrected chi connectivity index (χ2v) is 4.98. The molecule has 1 aliphatic rings. The smallest absolute Gasteiger partial charge is 0.227 e. The van der Waals surface area contributed by atoms with Gasteiger partial charge in [-0.2, -0.15) is 0 Å². The maximum absolute atomic E-state index is 12.4. The summed E-state index contributed by atoms with van der Waals surface area (Å²) in [6.45, 7) is 2.05. The molecule has 0 bridgehead atoms. The summed E-state index contributed by atoms with van der Waals surface area (Å²) in [6.07, 6.45) is 2.08. The van der Waals surface area contributed by atoms with Gasteiger partial charge in [0.1, 0.15) is 5.75 Å². The van der Waals surface area contributed by atoms with Crippen molar-refractivity contribution in [3.05, 3.63) is 35.5 Å². The van der Waals surface area contributed by atoms with Gasteiger partial charge in [-0.15, -0.1) is 0 Å². The molecule has 1 aromatic carbocycles. The van der Waals surface area contributed by atoms with Gasteiger partial charge >= 0.3 is 0 Å². The Balaban J connectivity index is 2.56. The van der Waals surface area contributed by atoms with Gasteiger partial charge in [-0.3, -0.25) is 9.59 Å². The highest BCUT2D eigenvalue weighted by Gasteiger charge is 2.30. The van der Waals surface area contributed by atoms with E-state index in [0.717, 1.165) is 0 Å². The van der Waals surface area contributed by atoms with Crippen molar-refractivity contribution in [3.63, 3.8) is 0 Å². The van der Waals surface area contributed by atoms with E-state index in [2.05, 4.69) is 0 Å². The van der Waals surface area contributed by atoms with Crippen molar-refractivity contribution in [2.75, 3.05) is 25.5 Å². The lowest BCUT2D eigenvalue weighted by molar-refractivity contribution is -0.118. The SMILES string of the molecule is CCC(=O)N1C/C(=C/N(C)C)C(=O)c2cc(O)ccc21. The fourth-order valence-corrected chi connectivity index (χ4v) is 2.27. The van der Waals surface area contributed by atoms with Crippen molar-refractivity contribution in [1.82, 2.24) is 4.90 Å². The van der Waals surface area contributed by atoms with Crippen molar-refractivity contribution in [2.45, 2.75) is 13.3 Å². The van der Waals surface area contributed by atoms with Crippen LogP contribution in [0.4, 0.5) is 5.69 Å². The molecule has 5 heteroatoms. The molecule has 5 nitrogen and oxygen atoms in total. The predicted octanol–water partition coefficient (Wildman–Crippen LogP) is 1.78. The summed E-state index contributed by atoms with van der Waals surface area (Å²) >= 11 is 0. The fourth-order valence-electron chi connectivity index (χ4n) is 2.27. The van der Waals surface area contributed by atoms with Crippen LogP contribution >= 0.6 is 0 Å². The monoisotopic (exact) mass is 274 g/mol. The number of nitrogens with zero attached hydrogens (tertiary/aromatic N) is 2. The van der Waals surface area contributed by atoms with E-state index in [1.165, 1.54) is 12.1 Å². The number of hydrogen-bond donors (Lipinski definition) is 1. The van der Waals surface area contributed by atoms with Gasteiger partial charge < -0.3 is 14.9 Å². The number of Topliss-reactive ketones (excluding diaryl/α,β-unsaturated/α-hetero) is 1. The van der Waals surface area contributed by atoms with Gasteiger partial charge in [-0.25, -0.2) is 0 Å². The van der Waals surface area contributed by atoms with Gasteiger partial charge in [0.2, 0.25) is 5.91 Å². The van der Waals surface area contributed by atoms with Crippen LogP contribution in [0.25, 0.3) is 0 Å². The van der Waals surface area contributed by atoms with Crippen molar-refractivity contribution >= 4 is 17.4 Å². The third-order valence-corrected chi connectivity index (χ3v) is 3.15. The second kappa shape index (κ2) is 5.36. The van der Waals surface area contributed by atoms with E-state index in [1.54, 1.807) is 29.0 Å². The van der Waals surface area contributed by atoms with E-state index in [4.69, 9.17) is 0 Å². The molecule has 0 spiro atoms. The Morgan fingerprint density at radius 1 is 1.45 bits per heavy atom. The summed E-state index contributed by atoms with van der Waals surface area (Å²) in [5.74, 6) is -0.175. The number of anilines is 1. The zero-order valence-corrected chi connectivity index (χ0v) is 11.9. The lowest BCUT2D eigenvalue weighted by Crippen LogP contribution is -2.39. The zero-order valence-electron chi connectivity index (χ0n) is 11.9. The molecule has 0 saturated carbocycles.